The van der Waals surface area contributed by atoms with E-state index >= 15 is 0 Å². The van der Waals surface area contributed by atoms with Crippen molar-refractivity contribution in [3.8, 4) is 0 Å². The molecule has 0 bridgehead atoms. The summed E-state index contributed by atoms with van der Waals surface area (Å²) in [6.07, 6.45) is -2.54. The molecule has 0 aliphatic rings. The quantitative estimate of drug-likeness (QED) is 0.462. The third-order valence-electron chi connectivity index (χ3n) is 3.77. The highest BCUT2D eigenvalue weighted by Gasteiger charge is 2.14. The Hall–Kier alpha value is -2.51. The lowest BCUT2D eigenvalue weighted by molar-refractivity contribution is 0.140. The summed E-state index contributed by atoms with van der Waals surface area (Å²) < 4.78 is 38.5. The summed E-state index contributed by atoms with van der Waals surface area (Å²) in [6, 6.07) is 5.21. The van der Waals surface area contributed by atoms with Gasteiger partial charge in [0, 0.05) is 36.0 Å². The number of nitrogens with zero attached hydrogens (tertiary/aromatic N) is 3. The molecule has 3 heterocycles. The molecule has 0 fully saturated rings. The zero-order valence-electron chi connectivity index (χ0n) is 18.4. The van der Waals surface area contributed by atoms with Crippen LogP contribution in [0, 0.1) is 13.8 Å². The number of aryl methyl sites for hydroxylation is 2. The van der Waals surface area contributed by atoms with Crippen molar-refractivity contribution in [2.24, 2.45) is 0 Å². The smallest absolute Gasteiger partial charge is 0.283 e. The molecule has 0 aromatic carbocycles. The fourth-order valence-electron chi connectivity index (χ4n) is 1.99. The molecule has 0 aliphatic heterocycles. The Labute approximate surface area is 170 Å². The normalized spacial score (nSPS) is 11.0. The Balaban J connectivity index is 0.000000219. The maximum absolute atomic E-state index is 11.9. The number of aromatic nitrogens is 3. The van der Waals surface area contributed by atoms with Gasteiger partial charge in [-0.3, -0.25) is 0 Å². The van der Waals surface area contributed by atoms with E-state index in [-0.39, 0.29) is 11.6 Å². The van der Waals surface area contributed by atoms with Gasteiger partial charge >= 0.3 is 0 Å². The first kappa shape index (κ1) is 24.5. The molecule has 162 valence electrons. The summed E-state index contributed by atoms with van der Waals surface area (Å²) in [5.41, 5.74) is 1.63. The molecule has 6 nitrogen and oxygen atoms in total. The van der Waals surface area contributed by atoms with E-state index in [0.29, 0.717) is 17.6 Å². The predicted octanol–water partition coefficient (Wildman–Crippen LogP) is 6.95. The van der Waals surface area contributed by atoms with Gasteiger partial charge in [-0.15, -0.1) is 0 Å². The molecule has 0 unspecified atom stereocenters. The molecule has 0 radical (unpaired) electrons. The highest BCUT2D eigenvalue weighted by molar-refractivity contribution is 5.09. The minimum absolute atomic E-state index is 0.106. The first-order valence-corrected chi connectivity index (χ1v) is 9.62. The van der Waals surface area contributed by atoms with Crippen molar-refractivity contribution in [2.75, 3.05) is 0 Å². The average Bonchev–Trinajstić information content (AvgIpc) is 3.35. The maximum atomic E-state index is 11.9. The minimum atomic E-state index is -2.54. The van der Waals surface area contributed by atoms with Crippen LogP contribution in [0.5, 0.6) is 0 Å². The van der Waals surface area contributed by atoms with Gasteiger partial charge < -0.3 is 13.6 Å². The number of alkyl halides is 2. The first-order chi connectivity index (χ1) is 13.5. The molecule has 3 aromatic rings. The van der Waals surface area contributed by atoms with Crippen LogP contribution in [-0.4, -0.2) is 15.5 Å². The number of hydrogen-bond acceptors (Lipinski definition) is 6. The maximum Gasteiger partial charge on any atom is 0.283 e. The van der Waals surface area contributed by atoms with Gasteiger partial charge in [0.05, 0.1) is 11.4 Å². The van der Waals surface area contributed by atoms with Gasteiger partial charge in [-0.25, -0.2) is 8.78 Å². The van der Waals surface area contributed by atoms with E-state index < -0.39 is 6.43 Å². The van der Waals surface area contributed by atoms with Crippen LogP contribution in [0.2, 0.25) is 0 Å². The van der Waals surface area contributed by atoms with Gasteiger partial charge in [-0.05, 0) is 13.8 Å². The van der Waals surface area contributed by atoms with E-state index in [9.17, 15) is 8.78 Å². The lowest BCUT2D eigenvalue weighted by Crippen LogP contribution is -1.82. The number of hydrogen-bond donors (Lipinski definition) is 0. The Morgan fingerprint density at radius 3 is 1.14 bits per heavy atom. The Morgan fingerprint density at radius 1 is 0.621 bits per heavy atom. The zero-order valence-corrected chi connectivity index (χ0v) is 18.4. The van der Waals surface area contributed by atoms with Crippen LogP contribution in [-0.2, 0) is 0 Å². The fourth-order valence-corrected chi connectivity index (χ4v) is 1.99. The number of rotatable bonds is 4. The largest absolute Gasteiger partial charge is 0.361 e. The van der Waals surface area contributed by atoms with Gasteiger partial charge in [0.1, 0.15) is 23.0 Å². The van der Waals surface area contributed by atoms with Crippen LogP contribution < -0.4 is 0 Å². The second-order valence-corrected chi connectivity index (χ2v) is 7.66. The Morgan fingerprint density at radius 2 is 0.966 bits per heavy atom. The van der Waals surface area contributed by atoms with E-state index in [1.165, 1.54) is 6.07 Å². The van der Waals surface area contributed by atoms with Gasteiger partial charge in [-0.1, -0.05) is 57.0 Å². The molecule has 8 heteroatoms. The average molecular weight is 411 g/mol. The summed E-state index contributed by atoms with van der Waals surface area (Å²) >= 11 is 0. The molecule has 0 aliphatic carbocycles. The summed E-state index contributed by atoms with van der Waals surface area (Å²) in [4.78, 5) is 0. The third kappa shape index (κ3) is 8.58. The summed E-state index contributed by atoms with van der Waals surface area (Å²) in [7, 11) is 0. The molecule has 0 saturated heterocycles. The lowest BCUT2D eigenvalue weighted by atomic mass is 10.1. The van der Waals surface area contributed by atoms with Crippen molar-refractivity contribution < 1.29 is 22.4 Å². The van der Waals surface area contributed by atoms with Crippen molar-refractivity contribution in [2.45, 2.75) is 79.6 Å². The Kier molecular flexibility index (Phi) is 9.71. The molecular weight excluding hydrogens is 380 g/mol. The van der Waals surface area contributed by atoms with Crippen molar-refractivity contribution in [3.05, 3.63) is 52.6 Å². The van der Waals surface area contributed by atoms with Crippen molar-refractivity contribution in [3.63, 3.8) is 0 Å². The van der Waals surface area contributed by atoms with Gasteiger partial charge in [0.25, 0.3) is 6.43 Å². The van der Waals surface area contributed by atoms with Gasteiger partial charge in [0.2, 0.25) is 0 Å². The molecule has 0 atom stereocenters. The molecule has 0 spiro atoms. The first-order valence-electron chi connectivity index (χ1n) is 9.62. The summed E-state index contributed by atoms with van der Waals surface area (Å²) in [5, 5.41) is 10.7. The van der Waals surface area contributed by atoms with E-state index in [1.807, 2.05) is 39.8 Å². The SMILES string of the molecule is CC(C)c1cc(C(F)F)no1.Cc1cc(C(C)C)on1.Cc1cc(C(C)C)on1. The number of halogens is 2. The van der Waals surface area contributed by atoms with Crippen LogP contribution in [0.15, 0.2) is 31.8 Å². The highest BCUT2D eigenvalue weighted by atomic mass is 19.3. The minimum Gasteiger partial charge on any atom is -0.361 e. The second-order valence-electron chi connectivity index (χ2n) is 7.66. The molecule has 0 amide bonds. The van der Waals surface area contributed by atoms with Crippen LogP contribution >= 0.6 is 0 Å². The van der Waals surface area contributed by atoms with E-state index in [1.54, 1.807) is 0 Å². The highest BCUT2D eigenvalue weighted by Crippen LogP contribution is 2.22. The molecular formula is C21H31F2N3O3. The molecule has 0 N–H and O–H groups in total. The van der Waals surface area contributed by atoms with Crippen molar-refractivity contribution in [1.82, 2.24) is 15.5 Å². The van der Waals surface area contributed by atoms with E-state index in [2.05, 4.69) is 47.7 Å². The lowest BCUT2D eigenvalue weighted by Gasteiger charge is -1.93. The second kappa shape index (κ2) is 11.5. The standard InChI is InChI=1S/C7H9F2NO.2C7H11NO/c1-4(2)6-3-5(7(8)9)10-11-6;2*1-5(2)7-4-6(3)8-9-7/h3-4,7H,1-2H3;2*4-5H,1-3H3. The fraction of sp³-hybridized carbons (Fsp3) is 0.571. The monoisotopic (exact) mass is 411 g/mol. The Bertz CT molecular complexity index is 769. The topological polar surface area (TPSA) is 78.1 Å². The summed E-state index contributed by atoms with van der Waals surface area (Å²) in [6.45, 7) is 15.9. The zero-order chi connectivity index (χ0) is 22.1. The molecule has 29 heavy (non-hydrogen) atoms. The van der Waals surface area contributed by atoms with Crippen molar-refractivity contribution in [1.29, 1.82) is 0 Å². The van der Waals surface area contributed by atoms with Crippen molar-refractivity contribution >= 4 is 0 Å². The van der Waals surface area contributed by atoms with E-state index in [0.717, 1.165) is 22.9 Å². The van der Waals surface area contributed by atoms with Gasteiger partial charge in [0.15, 0.2) is 0 Å². The van der Waals surface area contributed by atoms with E-state index in [4.69, 9.17) is 9.05 Å². The van der Waals surface area contributed by atoms with Crippen LogP contribution in [0.4, 0.5) is 8.78 Å². The molecule has 0 saturated carbocycles. The van der Waals surface area contributed by atoms with Crippen LogP contribution in [0.1, 0.15) is 100 Å². The molecule has 3 aromatic heterocycles. The van der Waals surface area contributed by atoms with Crippen LogP contribution in [0.25, 0.3) is 0 Å². The predicted molar refractivity (Wildman–Crippen MR) is 106 cm³/mol. The summed E-state index contributed by atoms with van der Waals surface area (Å²) in [5.74, 6) is 3.44. The van der Waals surface area contributed by atoms with Crippen LogP contribution in [0.3, 0.4) is 0 Å². The third-order valence-corrected chi connectivity index (χ3v) is 3.77. The van der Waals surface area contributed by atoms with Gasteiger partial charge in [-0.2, -0.15) is 0 Å². The molecule has 3 rings (SSSR count).